The molecule has 3 rings (SSSR count). The zero-order valence-corrected chi connectivity index (χ0v) is 16.9. The number of benzene rings is 1. The Morgan fingerprint density at radius 1 is 1.32 bits per heavy atom. The van der Waals surface area contributed by atoms with Crippen LogP contribution in [0.5, 0.6) is 0 Å². The van der Waals surface area contributed by atoms with Gasteiger partial charge in [-0.2, -0.15) is 18.3 Å². The summed E-state index contributed by atoms with van der Waals surface area (Å²) in [5.74, 6) is 0. The van der Waals surface area contributed by atoms with Crippen LogP contribution in [-0.2, 0) is 19.6 Å². The van der Waals surface area contributed by atoms with E-state index >= 15 is 0 Å². The van der Waals surface area contributed by atoms with Gasteiger partial charge in [-0.05, 0) is 36.6 Å². The van der Waals surface area contributed by atoms with Crippen molar-refractivity contribution in [1.82, 2.24) is 9.78 Å². The first-order chi connectivity index (χ1) is 13.2. The van der Waals surface area contributed by atoms with Gasteiger partial charge in [0.1, 0.15) is 4.34 Å². The summed E-state index contributed by atoms with van der Waals surface area (Å²) in [5, 5.41) is 8.20. The van der Waals surface area contributed by atoms with Gasteiger partial charge in [-0.25, -0.2) is 0 Å². The molecule has 3 N–H and O–H groups in total. The SMILES string of the molecule is Cc1cnn(C)c1-c1cc(N[C@H](CN)Cc2ccccc2C(F)(F)F)sc1Cl. The second-order valence-corrected chi connectivity index (χ2v) is 8.19. The summed E-state index contributed by atoms with van der Waals surface area (Å²) in [5.41, 5.74) is 8.13. The molecule has 1 aromatic carbocycles. The molecule has 0 aliphatic carbocycles. The second kappa shape index (κ2) is 8.14. The largest absolute Gasteiger partial charge is 0.416 e. The van der Waals surface area contributed by atoms with Crippen molar-refractivity contribution in [1.29, 1.82) is 0 Å². The minimum Gasteiger partial charge on any atom is -0.373 e. The van der Waals surface area contributed by atoms with Crippen molar-refractivity contribution in [2.45, 2.75) is 25.6 Å². The summed E-state index contributed by atoms with van der Waals surface area (Å²) in [6.07, 6.45) is -2.48. The van der Waals surface area contributed by atoms with Gasteiger partial charge in [0.25, 0.3) is 0 Å². The highest BCUT2D eigenvalue weighted by atomic mass is 35.5. The summed E-state index contributed by atoms with van der Waals surface area (Å²) in [7, 11) is 1.83. The molecule has 2 aromatic heterocycles. The molecule has 0 aliphatic rings. The molecule has 0 bridgehead atoms. The van der Waals surface area contributed by atoms with Crippen LogP contribution in [0.4, 0.5) is 18.2 Å². The Hall–Kier alpha value is -2.03. The lowest BCUT2D eigenvalue weighted by atomic mass is 10.00. The van der Waals surface area contributed by atoms with Gasteiger partial charge in [-0.15, -0.1) is 11.3 Å². The maximum absolute atomic E-state index is 13.2. The highest BCUT2D eigenvalue weighted by Crippen LogP contribution is 2.40. The predicted molar refractivity (Wildman–Crippen MR) is 108 cm³/mol. The Balaban J connectivity index is 1.83. The summed E-state index contributed by atoms with van der Waals surface area (Å²) in [6.45, 7) is 2.13. The Labute approximate surface area is 170 Å². The van der Waals surface area contributed by atoms with E-state index in [1.54, 1.807) is 16.9 Å². The van der Waals surface area contributed by atoms with Crippen molar-refractivity contribution in [3.05, 3.63) is 57.6 Å². The molecule has 9 heteroatoms. The number of hydrogen-bond acceptors (Lipinski definition) is 4. The monoisotopic (exact) mass is 428 g/mol. The van der Waals surface area contributed by atoms with E-state index in [0.717, 1.165) is 27.9 Å². The van der Waals surface area contributed by atoms with Gasteiger partial charge < -0.3 is 11.1 Å². The van der Waals surface area contributed by atoms with E-state index < -0.39 is 11.7 Å². The first kappa shape index (κ1) is 20.7. The van der Waals surface area contributed by atoms with E-state index in [-0.39, 0.29) is 24.6 Å². The topological polar surface area (TPSA) is 55.9 Å². The molecule has 0 amide bonds. The van der Waals surface area contributed by atoms with Crippen LogP contribution in [0.1, 0.15) is 16.7 Å². The fraction of sp³-hybridized carbons (Fsp3) is 0.316. The third kappa shape index (κ3) is 4.34. The van der Waals surface area contributed by atoms with Crippen LogP contribution in [-0.4, -0.2) is 22.4 Å². The van der Waals surface area contributed by atoms with Crippen LogP contribution in [0, 0.1) is 6.92 Å². The number of alkyl halides is 3. The summed E-state index contributed by atoms with van der Waals surface area (Å²) in [6, 6.07) is 7.09. The van der Waals surface area contributed by atoms with Crippen molar-refractivity contribution in [3.8, 4) is 11.3 Å². The number of hydrogen-bond donors (Lipinski definition) is 2. The molecule has 0 aliphatic heterocycles. The number of aryl methyl sites for hydroxylation is 2. The van der Waals surface area contributed by atoms with Gasteiger partial charge >= 0.3 is 6.18 Å². The van der Waals surface area contributed by atoms with Gasteiger partial charge in [0.05, 0.1) is 22.5 Å². The zero-order valence-electron chi connectivity index (χ0n) is 15.3. The summed E-state index contributed by atoms with van der Waals surface area (Å²) < 4.78 is 42.1. The first-order valence-electron chi connectivity index (χ1n) is 8.60. The summed E-state index contributed by atoms with van der Waals surface area (Å²) >= 11 is 7.74. The molecular formula is C19H20ClF3N4S. The Morgan fingerprint density at radius 3 is 2.64 bits per heavy atom. The standard InChI is InChI=1S/C19H20ClF3N4S/c1-11-10-25-27(2)17(11)14-8-16(28-18(14)20)26-13(9-24)7-12-5-3-4-6-15(12)19(21,22)23/h3-6,8,10,13,26H,7,9,24H2,1-2H3/t13-/m0/s1. The van der Waals surface area contributed by atoms with Crippen molar-refractivity contribution < 1.29 is 13.2 Å². The van der Waals surface area contributed by atoms with Crippen molar-refractivity contribution in [3.63, 3.8) is 0 Å². The lowest BCUT2D eigenvalue weighted by molar-refractivity contribution is -0.138. The number of thiophene rings is 1. The van der Waals surface area contributed by atoms with E-state index in [0.29, 0.717) is 4.34 Å². The number of rotatable bonds is 6. The lowest BCUT2D eigenvalue weighted by Gasteiger charge is -2.19. The average Bonchev–Trinajstić information content (AvgIpc) is 3.15. The van der Waals surface area contributed by atoms with E-state index in [4.69, 9.17) is 17.3 Å². The van der Waals surface area contributed by atoms with Gasteiger partial charge in [-0.3, -0.25) is 4.68 Å². The predicted octanol–water partition coefficient (Wildman–Crippen LogP) is 5.11. The number of nitrogens with one attached hydrogen (secondary N) is 1. The third-order valence-corrected chi connectivity index (χ3v) is 5.77. The smallest absolute Gasteiger partial charge is 0.373 e. The van der Waals surface area contributed by atoms with E-state index in [9.17, 15) is 13.2 Å². The Bertz CT molecular complexity index is 945. The molecule has 0 saturated heterocycles. The second-order valence-electron chi connectivity index (χ2n) is 6.53. The maximum atomic E-state index is 13.2. The van der Waals surface area contributed by atoms with E-state index in [2.05, 4.69) is 10.4 Å². The van der Waals surface area contributed by atoms with Crippen LogP contribution in [0.2, 0.25) is 4.34 Å². The van der Waals surface area contributed by atoms with Crippen molar-refractivity contribution in [2.75, 3.05) is 11.9 Å². The lowest BCUT2D eigenvalue weighted by Crippen LogP contribution is -2.31. The zero-order chi connectivity index (χ0) is 20.5. The van der Waals surface area contributed by atoms with Crippen LogP contribution in [0.15, 0.2) is 36.5 Å². The molecule has 0 radical (unpaired) electrons. The minimum absolute atomic E-state index is 0.155. The fourth-order valence-corrected chi connectivity index (χ4v) is 4.42. The molecular weight excluding hydrogens is 409 g/mol. The quantitative estimate of drug-likeness (QED) is 0.573. The maximum Gasteiger partial charge on any atom is 0.416 e. The van der Waals surface area contributed by atoms with Crippen molar-refractivity contribution in [2.24, 2.45) is 12.8 Å². The molecule has 2 heterocycles. The van der Waals surface area contributed by atoms with E-state index in [1.807, 2.05) is 20.0 Å². The molecule has 0 saturated carbocycles. The number of aromatic nitrogens is 2. The average molecular weight is 429 g/mol. The normalized spacial score (nSPS) is 13.0. The van der Waals surface area contributed by atoms with Gasteiger partial charge in [-0.1, -0.05) is 29.8 Å². The molecule has 0 spiro atoms. The fourth-order valence-electron chi connectivity index (χ4n) is 3.17. The molecule has 0 unspecified atom stereocenters. The highest BCUT2D eigenvalue weighted by molar-refractivity contribution is 7.20. The number of anilines is 1. The van der Waals surface area contributed by atoms with Gasteiger partial charge in [0, 0.05) is 25.2 Å². The Kier molecular flexibility index (Phi) is 6.02. The van der Waals surface area contributed by atoms with Crippen LogP contribution in [0.25, 0.3) is 11.3 Å². The molecule has 0 fully saturated rings. The van der Waals surface area contributed by atoms with Crippen LogP contribution >= 0.6 is 22.9 Å². The van der Waals surface area contributed by atoms with Crippen LogP contribution in [0.3, 0.4) is 0 Å². The highest BCUT2D eigenvalue weighted by Gasteiger charge is 2.33. The molecule has 4 nitrogen and oxygen atoms in total. The number of halogens is 4. The van der Waals surface area contributed by atoms with Crippen molar-refractivity contribution >= 4 is 27.9 Å². The van der Waals surface area contributed by atoms with Crippen LogP contribution < -0.4 is 11.1 Å². The van der Waals surface area contributed by atoms with E-state index in [1.165, 1.54) is 23.5 Å². The molecule has 1 atom stereocenters. The van der Waals surface area contributed by atoms with Gasteiger partial charge in [0.2, 0.25) is 0 Å². The molecule has 3 aromatic rings. The third-order valence-electron chi connectivity index (χ3n) is 4.48. The first-order valence-corrected chi connectivity index (χ1v) is 9.80. The summed E-state index contributed by atoms with van der Waals surface area (Å²) in [4.78, 5) is 0. The number of nitrogens with two attached hydrogens (primary N) is 1. The molecule has 150 valence electrons. The van der Waals surface area contributed by atoms with Gasteiger partial charge in [0.15, 0.2) is 0 Å². The number of nitrogens with zero attached hydrogens (tertiary/aromatic N) is 2. The Morgan fingerprint density at radius 2 is 2.04 bits per heavy atom. The molecule has 28 heavy (non-hydrogen) atoms. The minimum atomic E-state index is -4.40.